The number of hydrogen-bond donors (Lipinski definition) is 2. The fourth-order valence-electron chi connectivity index (χ4n) is 4.57. The Hall–Kier alpha value is -4.99. The summed E-state index contributed by atoms with van der Waals surface area (Å²) in [5.74, 6) is 0.717. The first-order valence-corrected chi connectivity index (χ1v) is 13.4. The molecule has 0 radical (unpaired) electrons. The lowest BCUT2D eigenvalue weighted by Crippen LogP contribution is -2.29. The Morgan fingerprint density at radius 3 is 2.44 bits per heavy atom. The molecule has 0 bridgehead atoms. The maximum atomic E-state index is 14.5. The minimum Gasteiger partial charge on any atom is -0.336 e. The lowest BCUT2D eigenvalue weighted by atomic mass is 10.0. The van der Waals surface area contributed by atoms with Crippen molar-refractivity contribution >= 4 is 17.7 Å². The van der Waals surface area contributed by atoms with Gasteiger partial charge in [0.15, 0.2) is 0 Å². The molecular weight excluding hydrogens is 519 g/mol. The number of halogens is 1. The van der Waals surface area contributed by atoms with Gasteiger partial charge in [0.25, 0.3) is 0 Å². The third-order valence-corrected chi connectivity index (χ3v) is 6.42. The Balaban J connectivity index is 1.55. The smallest absolute Gasteiger partial charge is 0.230 e. The van der Waals surface area contributed by atoms with E-state index in [9.17, 15) is 9.18 Å². The van der Waals surface area contributed by atoms with Crippen LogP contribution < -0.4 is 10.2 Å². The number of carbonyl (C=O) groups excluding carboxylic acids is 1. The van der Waals surface area contributed by atoms with Gasteiger partial charge in [0, 0.05) is 30.3 Å². The van der Waals surface area contributed by atoms with Gasteiger partial charge in [-0.15, -0.1) is 10.2 Å². The van der Waals surface area contributed by atoms with Crippen LogP contribution in [0.15, 0.2) is 78.9 Å². The van der Waals surface area contributed by atoms with Gasteiger partial charge in [-0.3, -0.25) is 4.79 Å². The molecule has 9 nitrogen and oxygen atoms in total. The molecule has 0 spiro atoms. The molecule has 0 saturated carbocycles. The Kier molecular flexibility index (Phi) is 8.38. The van der Waals surface area contributed by atoms with Crippen LogP contribution in [0.3, 0.4) is 0 Å². The van der Waals surface area contributed by atoms with Crippen molar-refractivity contribution in [3.05, 3.63) is 101 Å². The van der Waals surface area contributed by atoms with Crippen LogP contribution in [-0.4, -0.2) is 43.0 Å². The van der Waals surface area contributed by atoms with Crippen molar-refractivity contribution in [1.82, 2.24) is 30.6 Å². The van der Waals surface area contributed by atoms with Crippen molar-refractivity contribution in [3.63, 3.8) is 0 Å². The second kappa shape index (κ2) is 12.5. The van der Waals surface area contributed by atoms with Crippen molar-refractivity contribution in [2.24, 2.45) is 5.92 Å². The van der Waals surface area contributed by atoms with E-state index in [0.717, 1.165) is 22.3 Å². The van der Waals surface area contributed by atoms with E-state index in [1.807, 2.05) is 49.4 Å². The van der Waals surface area contributed by atoms with Crippen molar-refractivity contribution in [1.29, 1.82) is 0 Å². The number of nitrogens with one attached hydrogen (secondary N) is 2. The highest BCUT2D eigenvalue weighted by Gasteiger charge is 2.19. The molecule has 0 fully saturated rings. The summed E-state index contributed by atoms with van der Waals surface area (Å²) in [6.45, 7) is 7.34. The molecule has 1 amide bonds. The maximum absolute atomic E-state index is 14.5. The van der Waals surface area contributed by atoms with Gasteiger partial charge in [-0.1, -0.05) is 80.6 Å². The van der Waals surface area contributed by atoms with E-state index < -0.39 is 5.82 Å². The zero-order valence-corrected chi connectivity index (χ0v) is 23.2. The molecule has 41 heavy (non-hydrogen) atoms. The largest absolute Gasteiger partial charge is 0.336 e. The predicted octanol–water partition coefficient (Wildman–Crippen LogP) is 5.62. The molecule has 2 N–H and O–H groups in total. The number of aryl methyl sites for hydroxylation is 1. The second-order valence-corrected chi connectivity index (χ2v) is 10.3. The Labute approximate surface area is 237 Å². The molecule has 208 valence electrons. The van der Waals surface area contributed by atoms with Crippen LogP contribution in [0.5, 0.6) is 0 Å². The molecule has 0 aliphatic heterocycles. The first kappa shape index (κ1) is 27.6. The third-order valence-electron chi connectivity index (χ3n) is 6.42. The summed E-state index contributed by atoms with van der Waals surface area (Å²) in [7, 11) is 0. The van der Waals surface area contributed by atoms with Crippen LogP contribution in [0, 0.1) is 18.7 Å². The topological polar surface area (TPSA) is 113 Å². The van der Waals surface area contributed by atoms with Crippen LogP contribution in [0.2, 0.25) is 0 Å². The van der Waals surface area contributed by atoms with E-state index in [2.05, 4.69) is 56.8 Å². The van der Waals surface area contributed by atoms with E-state index >= 15 is 0 Å². The number of rotatable bonds is 10. The minimum absolute atomic E-state index is 0.125. The van der Waals surface area contributed by atoms with Gasteiger partial charge in [-0.05, 0) is 40.8 Å². The number of aromatic nitrogens is 6. The molecule has 0 atom stereocenters. The molecule has 0 saturated heterocycles. The number of carbonyl (C=O) groups is 1. The minimum atomic E-state index is -0.413. The van der Waals surface area contributed by atoms with E-state index in [1.165, 1.54) is 6.07 Å². The lowest BCUT2D eigenvalue weighted by Gasteiger charge is -2.26. The Morgan fingerprint density at radius 2 is 1.73 bits per heavy atom. The van der Waals surface area contributed by atoms with E-state index in [-0.39, 0.29) is 12.3 Å². The number of H-pyrrole nitrogens is 1. The average Bonchev–Trinajstić information content (AvgIpc) is 3.49. The normalized spacial score (nSPS) is 11.0. The summed E-state index contributed by atoms with van der Waals surface area (Å²) in [5.41, 5.74) is 4.27. The van der Waals surface area contributed by atoms with Gasteiger partial charge in [0.1, 0.15) is 11.6 Å². The van der Waals surface area contributed by atoms with Gasteiger partial charge >= 0.3 is 0 Å². The quantitative estimate of drug-likeness (QED) is 0.232. The number of aromatic amines is 1. The predicted molar refractivity (Wildman–Crippen MR) is 156 cm³/mol. The summed E-state index contributed by atoms with van der Waals surface area (Å²) in [6.07, 6.45) is -0.125. The van der Waals surface area contributed by atoms with Crippen molar-refractivity contribution in [2.45, 2.75) is 33.7 Å². The van der Waals surface area contributed by atoms with E-state index in [0.29, 0.717) is 47.9 Å². The summed E-state index contributed by atoms with van der Waals surface area (Å²) in [5, 5.41) is 17.4. The summed E-state index contributed by atoms with van der Waals surface area (Å²) >= 11 is 0. The van der Waals surface area contributed by atoms with E-state index in [1.54, 1.807) is 18.2 Å². The average molecular weight is 551 g/mol. The van der Waals surface area contributed by atoms with Gasteiger partial charge in [-0.25, -0.2) is 9.37 Å². The van der Waals surface area contributed by atoms with Crippen molar-refractivity contribution in [2.75, 3.05) is 16.8 Å². The Bertz CT molecular complexity index is 1620. The first-order chi connectivity index (χ1) is 19.9. The number of tetrazole rings is 1. The molecule has 5 rings (SSSR count). The third kappa shape index (κ3) is 6.96. The van der Waals surface area contributed by atoms with Gasteiger partial charge in [0.2, 0.25) is 17.7 Å². The van der Waals surface area contributed by atoms with Crippen LogP contribution in [0.4, 0.5) is 16.2 Å². The van der Waals surface area contributed by atoms with Gasteiger partial charge < -0.3 is 10.2 Å². The van der Waals surface area contributed by atoms with Gasteiger partial charge in [0.05, 0.1) is 12.1 Å². The zero-order chi connectivity index (χ0) is 28.8. The van der Waals surface area contributed by atoms with Gasteiger partial charge in [-0.2, -0.15) is 10.2 Å². The zero-order valence-electron chi connectivity index (χ0n) is 23.2. The summed E-state index contributed by atoms with van der Waals surface area (Å²) < 4.78 is 14.5. The van der Waals surface area contributed by atoms with Crippen LogP contribution in [0.25, 0.3) is 22.6 Å². The molecule has 0 unspecified atom stereocenters. The highest BCUT2D eigenvalue weighted by molar-refractivity contribution is 5.92. The molecule has 3 aromatic carbocycles. The maximum Gasteiger partial charge on any atom is 0.230 e. The number of benzene rings is 3. The summed E-state index contributed by atoms with van der Waals surface area (Å²) in [4.78, 5) is 24.9. The molecule has 10 heteroatoms. The molecule has 0 aliphatic rings. The molecule has 2 heterocycles. The number of anilines is 2. The first-order valence-electron chi connectivity index (χ1n) is 13.4. The van der Waals surface area contributed by atoms with Crippen molar-refractivity contribution in [3.8, 4) is 22.6 Å². The number of amides is 1. The second-order valence-electron chi connectivity index (χ2n) is 10.3. The highest BCUT2D eigenvalue weighted by Crippen LogP contribution is 2.31. The van der Waals surface area contributed by atoms with Crippen molar-refractivity contribution < 1.29 is 9.18 Å². The SMILES string of the molecule is Cc1ccc(CC(=O)Nc2cc(-c3ccccc3-c3nn[nH]n3)nc(N(Cc3ccccc3)CC(C)C)n2)c(F)c1. The highest BCUT2D eigenvalue weighted by atomic mass is 19.1. The number of hydrogen-bond acceptors (Lipinski definition) is 7. The van der Waals surface area contributed by atoms with E-state index in [4.69, 9.17) is 9.97 Å². The number of nitrogens with zero attached hydrogens (tertiary/aromatic N) is 6. The Morgan fingerprint density at radius 1 is 0.976 bits per heavy atom. The monoisotopic (exact) mass is 550 g/mol. The summed E-state index contributed by atoms with van der Waals surface area (Å²) in [6, 6.07) is 24.2. The fourth-order valence-corrected chi connectivity index (χ4v) is 4.57. The van der Waals surface area contributed by atoms with Crippen LogP contribution in [0.1, 0.15) is 30.5 Å². The molecular formula is C31H31FN8O. The molecule has 0 aliphatic carbocycles. The standard InChI is InChI=1S/C31H31FN8O/c1-20(2)18-40(19-22-9-5-4-6-10-22)31-33-27(24-11-7-8-12-25(24)30-36-38-39-37-30)17-28(35-31)34-29(41)16-23-14-13-21(3)15-26(23)32/h4-15,17,20H,16,18-19H2,1-3H3,(H,33,34,35,41)(H,36,37,38,39). The fraction of sp³-hybridized carbons (Fsp3) is 0.226. The van der Waals surface area contributed by atoms with Crippen LogP contribution >= 0.6 is 0 Å². The lowest BCUT2D eigenvalue weighted by molar-refractivity contribution is -0.115. The van der Waals surface area contributed by atoms with Crippen LogP contribution in [-0.2, 0) is 17.8 Å². The molecule has 2 aromatic heterocycles. The molecule has 5 aromatic rings.